The van der Waals surface area contributed by atoms with Crippen LogP contribution >= 0.6 is 0 Å². The Bertz CT molecular complexity index is 376. The second-order valence-corrected chi connectivity index (χ2v) is 6.88. The number of nitrogens with one attached hydrogen (secondary N) is 1. The lowest BCUT2D eigenvalue weighted by atomic mass is 9.81. The molecule has 21 heavy (non-hydrogen) atoms. The Balaban J connectivity index is 1.68. The lowest BCUT2D eigenvalue weighted by Crippen LogP contribution is -2.38. The van der Waals surface area contributed by atoms with Gasteiger partial charge in [-0.2, -0.15) is 0 Å². The highest BCUT2D eigenvalue weighted by Crippen LogP contribution is 2.29. The van der Waals surface area contributed by atoms with Gasteiger partial charge in [-0.25, -0.2) is 0 Å². The van der Waals surface area contributed by atoms with E-state index in [0.717, 1.165) is 26.1 Å². The summed E-state index contributed by atoms with van der Waals surface area (Å²) in [4.78, 5) is 25.5. The first-order chi connectivity index (χ1) is 9.97. The van der Waals surface area contributed by atoms with Gasteiger partial charge in [0, 0.05) is 25.0 Å². The van der Waals surface area contributed by atoms with Crippen LogP contribution in [-0.2, 0) is 9.59 Å². The summed E-state index contributed by atoms with van der Waals surface area (Å²) < 4.78 is 0. The SMILES string of the molecule is CC(C)N1CCC(CNC(=O)C2CCC(C(=O)O)CC2)C1. The van der Waals surface area contributed by atoms with Crippen molar-refractivity contribution in [3.8, 4) is 0 Å². The normalized spacial score (nSPS) is 30.5. The van der Waals surface area contributed by atoms with Crippen LogP contribution in [0.15, 0.2) is 0 Å². The molecule has 0 aromatic carbocycles. The van der Waals surface area contributed by atoms with E-state index in [2.05, 4.69) is 24.1 Å². The van der Waals surface area contributed by atoms with Gasteiger partial charge in [0.15, 0.2) is 0 Å². The Hall–Kier alpha value is -1.10. The van der Waals surface area contributed by atoms with Crippen LogP contribution in [0.5, 0.6) is 0 Å². The summed E-state index contributed by atoms with van der Waals surface area (Å²) in [5, 5.41) is 12.1. The third kappa shape index (κ3) is 4.43. The fraction of sp³-hybridized carbons (Fsp3) is 0.875. The van der Waals surface area contributed by atoms with E-state index in [4.69, 9.17) is 5.11 Å². The highest BCUT2D eigenvalue weighted by atomic mass is 16.4. The number of rotatable bonds is 5. The van der Waals surface area contributed by atoms with Gasteiger partial charge in [-0.3, -0.25) is 9.59 Å². The minimum absolute atomic E-state index is 0.0169. The van der Waals surface area contributed by atoms with E-state index in [1.54, 1.807) is 0 Å². The molecule has 2 fully saturated rings. The fourth-order valence-corrected chi connectivity index (χ4v) is 3.49. The summed E-state index contributed by atoms with van der Waals surface area (Å²) in [7, 11) is 0. The molecule has 0 spiro atoms. The zero-order valence-electron chi connectivity index (χ0n) is 13.2. The molecule has 120 valence electrons. The lowest BCUT2D eigenvalue weighted by molar-refractivity contribution is -0.144. The second-order valence-electron chi connectivity index (χ2n) is 6.88. The number of hydrogen-bond donors (Lipinski definition) is 2. The van der Waals surface area contributed by atoms with E-state index >= 15 is 0 Å². The molecule has 2 N–H and O–H groups in total. The van der Waals surface area contributed by atoms with Crippen LogP contribution in [0.2, 0.25) is 0 Å². The number of carbonyl (C=O) groups excluding carboxylic acids is 1. The van der Waals surface area contributed by atoms with Crippen molar-refractivity contribution in [2.24, 2.45) is 17.8 Å². The van der Waals surface area contributed by atoms with Crippen LogP contribution < -0.4 is 5.32 Å². The molecule has 0 aromatic heterocycles. The molecular weight excluding hydrogens is 268 g/mol. The Kier molecular flexibility index (Phi) is 5.62. The number of amides is 1. The molecule has 1 aliphatic carbocycles. The lowest BCUT2D eigenvalue weighted by Gasteiger charge is -2.26. The molecule has 1 amide bonds. The molecule has 2 rings (SSSR count). The van der Waals surface area contributed by atoms with Gasteiger partial charge in [0.05, 0.1) is 5.92 Å². The number of likely N-dealkylation sites (tertiary alicyclic amines) is 1. The molecular formula is C16H28N2O3. The number of carbonyl (C=O) groups is 2. The number of nitrogens with zero attached hydrogens (tertiary/aromatic N) is 1. The smallest absolute Gasteiger partial charge is 0.306 e. The molecule has 5 heteroatoms. The van der Waals surface area contributed by atoms with Crippen molar-refractivity contribution in [3.63, 3.8) is 0 Å². The first-order valence-electron chi connectivity index (χ1n) is 8.22. The Morgan fingerprint density at radius 1 is 1.14 bits per heavy atom. The van der Waals surface area contributed by atoms with E-state index < -0.39 is 5.97 Å². The van der Waals surface area contributed by atoms with Crippen molar-refractivity contribution >= 4 is 11.9 Å². The standard InChI is InChI=1S/C16H28N2O3/c1-11(2)18-8-7-12(10-18)9-17-15(19)13-3-5-14(6-4-13)16(20)21/h11-14H,3-10H2,1-2H3,(H,17,19)(H,20,21). The van der Waals surface area contributed by atoms with E-state index in [9.17, 15) is 9.59 Å². The van der Waals surface area contributed by atoms with Crippen LogP contribution in [0.3, 0.4) is 0 Å². The van der Waals surface area contributed by atoms with Crippen molar-refractivity contribution in [1.82, 2.24) is 10.2 Å². The first-order valence-corrected chi connectivity index (χ1v) is 8.22. The second kappa shape index (κ2) is 7.25. The van der Waals surface area contributed by atoms with Crippen LogP contribution in [-0.4, -0.2) is 47.6 Å². The summed E-state index contributed by atoms with van der Waals surface area (Å²) in [6, 6.07) is 0.581. The average molecular weight is 296 g/mol. The molecule has 1 saturated heterocycles. The van der Waals surface area contributed by atoms with E-state index in [1.807, 2.05) is 0 Å². The fourth-order valence-electron chi connectivity index (χ4n) is 3.49. The van der Waals surface area contributed by atoms with Crippen LogP contribution in [0.4, 0.5) is 0 Å². The molecule has 1 saturated carbocycles. The van der Waals surface area contributed by atoms with E-state index in [0.29, 0.717) is 37.6 Å². The Morgan fingerprint density at radius 3 is 2.29 bits per heavy atom. The van der Waals surface area contributed by atoms with Crippen LogP contribution in [0.1, 0.15) is 46.0 Å². The predicted molar refractivity (Wildman–Crippen MR) is 80.9 cm³/mol. The number of aliphatic carboxylic acids is 1. The zero-order valence-corrected chi connectivity index (χ0v) is 13.2. The van der Waals surface area contributed by atoms with Gasteiger partial charge in [0.1, 0.15) is 0 Å². The van der Waals surface area contributed by atoms with E-state index in [1.165, 1.54) is 0 Å². The Labute approximate surface area is 127 Å². The van der Waals surface area contributed by atoms with E-state index in [-0.39, 0.29) is 17.7 Å². The number of carboxylic acids is 1. The Morgan fingerprint density at radius 2 is 1.76 bits per heavy atom. The van der Waals surface area contributed by atoms with Crippen molar-refractivity contribution in [2.75, 3.05) is 19.6 Å². The molecule has 1 atom stereocenters. The molecule has 0 aromatic rings. The van der Waals surface area contributed by atoms with Gasteiger partial charge in [0.2, 0.25) is 5.91 Å². The van der Waals surface area contributed by atoms with Crippen LogP contribution in [0.25, 0.3) is 0 Å². The molecule has 1 heterocycles. The average Bonchev–Trinajstić information content (AvgIpc) is 2.94. The van der Waals surface area contributed by atoms with Crippen molar-refractivity contribution in [1.29, 1.82) is 0 Å². The van der Waals surface area contributed by atoms with Gasteiger partial charge in [-0.1, -0.05) is 0 Å². The predicted octanol–water partition coefficient (Wildman–Crippen LogP) is 1.72. The summed E-state index contributed by atoms with van der Waals surface area (Å²) in [6.07, 6.45) is 3.86. The third-order valence-electron chi connectivity index (χ3n) is 5.06. The maximum atomic E-state index is 12.2. The highest BCUT2D eigenvalue weighted by molar-refractivity contribution is 5.79. The van der Waals surface area contributed by atoms with Crippen molar-refractivity contribution in [3.05, 3.63) is 0 Å². The summed E-state index contributed by atoms with van der Waals surface area (Å²) in [5.41, 5.74) is 0. The first kappa shape index (κ1) is 16.3. The molecule has 1 aliphatic heterocycles. The largest absolute Gasteiger partial charge is 0.481 e. The quantitative estimate of drug-likeness (QED) is 0.810. The minimum atomic E-state index is -0.714. The van der Waals surface area contributed by atoms with Gasteiger partial charge in [0.25, 0.3) is 0 Å². The number of carboxylic acid groups (broad SMARTS) is 1. The topological polar surface area (TPSA) is 69.6 Å². The van der Waals surface area contributed by atoms with Gasteiger partial charge < -0.3 is 15.3 Å². The zero-order chi connectivity index (χ0) is 15.4. The minimum Gasteiger partial charge on any atom is -0.481 e. The maximum absolute atomic E-state index is 12.2. The van der Waals surface area contributed by atoms with Gasteiger partial charge in [-0.15, -0.1) is 0 Å². The summed E-state index contributed by atoms with van der Waals surface area (Å²) >= 11 is 0. The highest BCUT2D eigenvalue weighted by Gasteiger charge is 2.30. The van der Waals surface area contributed by atoms with Gasteiger partial charge in [-0.05, 0) is 58.4 Å². The third-order valence-corrected chi connectivity index (χ3v) is 5.06. The van der Waals surface area contributed by atoms with Crippen LogP contribution in [0, 0.1) is 17.8 Å². The summed E-state index contributed by atoms with van der Waals surface area (Å²) in [6.45, 7) is 7.39. The van der Waals surface area contributed by atoms with Gasteiger partial charge >= 0.3 is 5.97 Å². The number of hydrogen-bond acceptors (Lipinski definition) is 3. The molecule has 1 unspecified atom stereocenters. The molecule has 5 nitrogen and oxygen atoms in total. The molecule has 0 radical (unpaired) electrons. The summed E-state index contributed by atoms with van der Waals surface area (Å²) in [5.74, 6) is -0.256. The molecule has 0 bridgehead atoms. The van der Waals surface area contributed by atoms with Crippen molar-refractivity contribution in [2.45, 2.75) is 52.0 Å². The maximum Gasteiger partial charge on any atom is 0.306 e. The van der Waals surface area contributed by atoms with Crippen molar-refractivity contribution < 1.29 is 14.7 Å². The molecule has 2 aliphatic rings. The monoisotopic (exact) mass is 296 g/mol.